The smallest absolute Gasteiger partial charge is 0.313 e. The van der Waals surface area contributed by atoms with Crippen LogP contribution in [0.3, 0.4) is 0 Å². The first-order valence-electron chi connectivity index (χ1n) is 9.85. The first-order valence-corrected chi connectivity index (χ1v) is 9.85. The van der Waals surface area contributed by atoms with Crippen molar-refractivity contribution in [1.29, 1.82) is 0 Å². The maximum atomic E-state index is 13.7. The van der Waals surface area contributed by atoms with Gasteiger partial charge in [0, 0.05) is 31.5 Å². The number of amides is 2. The number of aromatic nitrogens is 1. The molecule has 0 unspecified atom stereocenters. The summed E-state index contributed by atoms with van der Waals surface area (Å²) < 4.78 is 29.0. The van der Waals surface area contributed by atoms with Gasteiger partial charge in [-0.25, -0.2) is 8.78 Å². The SMILES string of the molecule is Cn1cccc1[C@H](CNC(=O)C(=O)Nc1cc(F)ccc1F)N1CCCCCC1. The standard InChI is InChI=1S/C21H26F2N4O2/c1-26-10-6-7-18(26)19(27-11-4-2-3-5-12-27)14-24-20(28)21(29)25-17-13-15(22)8-9-16(17)23/h6-10,13,19H,2-5,11-12,14H2,1H3,(H,24,28)(H,25,29)/t19-/m0/s1. The number of anilines is 1. The summed E-state index contributed by atoms with van der Waals surface area (Å²) in [6, 6.07) is 6.55. The van der Waals surface area contributed by atoms with Crippen LogP contribution in [-0.4, -0.2) is 40.9 Å². The lowest BCUT2D eigenvalue weighted by atomic mass is 10.1. The number of carbonyl (C=O) groups excluding carboxylic acids is 2. The van der Waals surface area contributed by atoms with E-state index in [1.54, 1.807) is 0 Å². The normalized spacial score (nSPS) is 16.1. The number of nitrogens with zero attached hydrogens (tertiary/aromatic N) is 2. The number of nitrogens with one attached hydrogen (secondary N) is 2. The molecule has 1 saturated heterocycles. The second-order valence-corrected chi connectivity index (χ2v) is 7.30. The predicted molar refractivity (Wildman–Crippen MR) is 106 cm³/mol. The molecule has 0 bridgehead atoms. The van der Waals surface area contributed by atoms with Gasteiger partial charge in [0.15, 0.2) is 0 Å². The first-order chi connectivity index (χ1) is 14.0. The maximum Gasteiger partial charge on any atom is 0.313 e. The van der Waals surface area contributed by atoms with Crippen molar-refractivity contribution in [3.63, 3.8) is 0 Å². The average molecular weight is 404 g/mol. The molecule has 29 heavy (non-hydrogen) atoms. The monoisotopic (exact) mass is 404 g/mol. The third-order valence-electron chi connectivity index (χ3n) is 5.25. The summed E-state index contributed by atoms with van der Waals surface area (Å²) >= 11 is 0. The van der Waals surface area contributed by atoms with Crippen LogP contribution in [0.25, 0.3) is 0 Å². The van der Waals surface area contributed by atoms with E-state index >= 15 is 0 Å². The molecular weight excluding hydrogens is 378 g/mol. The molecule has 0 aliphatic carbocycles. The van der Waals surface area contributed by atoms with E-state index in [4.69, 9.17) is 0 Å². The highest BCUT2D eigenvalue weighted by Gasteiger charge is 2.25. The Kier molecular flexibility index (Phi) is 6.98. The van der Waals surface area contributed by atoms with Gasteiger partial charge in [0.25, 0.3) is 0 Å². The highest BCUT2D eigenvalue weighted by molar-refractivity contribution is 6.39. The summed E-state index contributed by atoms with van der Waals surface area (Å²) in [5.74, 6) is -3.43. The molecule has 8 heteroatoms. The molecule has 1 aromatic carbocycles. The zero-order chi connectivity index (χ0) is 20.8. The van der Waals surface area contributed by atoms with Gasteiger partial charge in [-0.2, -0.15) is 0 Å². The van der Waals surface area contributed by atoms with E-state index in [0.29, 0.717) is 0 Å². The summed E-state index contributed by atoms with van der Waals surface area (Å²) in [5.41, 5.74) is 0.681. The number of carbonyl (C=O) groups is 2. The van der Waals surface area contributed by atoms with Crippen molar-refractivity contribution >= 4 is 17.5 Å². The lowest BCUT2D eigenvalue weighted by molar-refractivity contribution is -0.136. The van der Waals surface area contributed by atoms with Crippen LogP contribution in [0.15, 0.2) is 36.5 Å². The Balaban J connectivity index is 1.66. The van der Waals surface area contributed by atoms with E-state index in [2.05, 4.69) is 15.5 Å². The van der Waals surface area contributed by atoms with Gasteiger partial charge in [0.2, 0.25) is 0 Å². The van der Waals surface area contributed by atoms with Crippen molar-refractivity contribution in [2.75, 3.05) is 25.0 Å². The number of hydrogen-bond donors (Lipinski definition) is 2. The van der Waals surface area contributed by atoms with Gasteiger partial charge in [-0.1, -0.05) is 12.8 Å². The number of likely N-dealkylation sites (tertiary alicyclic amines) is 1. The van der Waals surface area contributed by atoms with Crippen LogP contribution in [0.4, 0.5) is 14.5 Å². The van der Waals surface area contributed by atoms with Crippen molar-refractivity contribution in [1.82, 2.24) is 14.8 Å². The fourth-order valence-corrected chi connectivity index (χ4v) is 3.69. The van der Waals surface area contributed by atoms with Crippen molar-refractivity contribution in [3.05, 3.63) is 53.9 Å². The summed E-state index contributed by atoms with van der Waals surface area (Å²) in [6.07, 6.45) is 6.50. The van der Waals surface area contributed by atoms with E-state index in [9.17, 15) is 18.4 Å². The number of benzene rings is 1. The third kappa shape index (κ3) is 5.41. The molecule has 1 atom stereocenters. The largest absolute Gasteiger partial charge is 0.353 e. The van der Waals surface area contributed by atoms with Gasteiger partial charge in [-0.3, -0.25) is 14.5 Å². The Morgan fingerprint density at radius 3 is 2.45 bits per heavy atom. The molecular formula is C21H26F2N4O2. The van der Waals surface area contributed by atoms with Gasteiger partial charge in [0.05, 0.1) is 11.7 Å². The van der Waals surface area contributed by atoms with E-state index in [-0.39, 0.29) is 18.3 Å². The van der Waals surface area contributed by atoms with E-state index in [1.165, 1.54) is 12.8 Å². The zero-order valence-corrected chi connectivity index (χ0v) is 16.5. The van der Waals surface area contributed by atoms with Crippen molar-refractivity contribution < 1.29 is 18.4 Å². The molecule has 2 amide bonds. The Morgan fingerprint density at radius 1 is 1.07 bits per heavy atom. The molecule has 1 aromatic heterocycles. The molecule has 0 saturated carbocycles. The number of aryl methyl sites for hydroxylation is 1. The topological polar surface area (TPSA) is 66.4 Å². The number of halogens is 2. The molecule has 6 nitrogen and oxygen atoms in total. The van der Waals surface area contributed by atoms with E-state index in [1.807, 2.05) is 29.9 Å². The fraction of sp³-hybridized carbons (Fsp3) is 0.429. The Morgan fingerprint density at radius 2 is 1.79 bits per heavy atom. The Hall–Kier alpha value is -2.74. The molecule has 156 valence electrons. The van der Waals surface area contributed by atoms with E-state index in [0.717, 1.165) is 49.8 Å². The minimum atomic E-state index is -1.03. The second-order valence-electron chi connectivity index (χ2n) is 7.30. The molecule has 3 rings (SSSR count). The van der Waals surface area contributed by atoms with Crippen molar-refractivity contribution in [2.24, 2.45) is 7.05 Å². The molecule has 1 fully saturated rings. The van der Waals surface area contributed by atoms with Crippen LogP contribution in [-0.2, 0) is 16.6 Å². The van der Waals surface area contributed by atoms with E-state index < -0.39 is 23.4 Å². The average Bonchev–Trinajstić information content (AvgIpc) is 2.94. The van der Waals surface area contributed by atoms with Gasteiger partial charge in [-0.15, -0.1) is 0 Å². The van der Waals surface area contributed by atoms with Crippen LogP contribution >= 0.6 is 0 Å². The van der Waals surface area contributed by atoms with Crippen LogP contribution in [0.2, 0.25) is 0 Å². The molecule has 1 aliphatic heterocycles. The maximum absolute atomic E-state index is 13.7. The van der Waals surface area contributed by atoms with Crippen molar-refractivity contribution in [3.8, 4) is 0 Å². The lowest BCUT2D eigenvalue weighted by Gasteiger charge is -2.31. The van der Waals surface area contributed by atoms with Gasteiger partial charge < -0.3 is 15.2 Å². The van der Waals surface area contributed by atoms with Crippen LogP contribution < -0.4 is 10.6 Å². The molecule has 2 heterocycles. The number of rotatable bonds is 5. The summed E-state index contributed by atoms with van der Waals surface area (Å²) in [4.78, 5) is 26.8. The van der Waals surface area contributed by atoms with Crippen LogP contribution in [0.5, 0.6) is 0 Å². The van der Waals surface area contributed by atoms with Crippen LogP contribution in [0.1, 0.15) is 37.4 Å². The molecule has 2 N–H and O–H groups in total. The second kappa shape index (κ2) is 9.65. The third-order valence-corrected chi connectivity index (χ3v) is 5.25. The quantitative estimate of drug-likeness (QED) is 0.753. The lowest BCUT2D eigenvalue weighted by Crippen LogP contribution is -2.43. The highest BCUT2D eigenvalue weighted by atomic mass is 19.1. The molecule has 0 spiro atoms. The molecule has 1 aliphatic rings. The minimum absolute atomic E-state index is 0.0734. The van der Waals surface area contributed by atoms with Gasteiger partial charge >= 0.3 is 11.8 Å². The zero-order valence-electron chi connectivity index (χ0n) is 16.5. The highest BCUT2D eigenvalue weighted by Crippen LogP contribution is 2.24. The van der Waals surface area contributed by atoms with Crippen molar-refractivity contribution in [2.45, 2.75) is 31.7 Å². The first kappa shape index (κ1) is 21.0. The Bertz CT molecular complexity index is 860. The minimum Gasteiger partial charge on any atom is -0.353 e. The summed E-state index contributed by atoms with van der Waals surface area (Å²) in [7, 11) is 1.95. The molecule has 0 radical (unpaired) electrons. The van der Waals surface area contributed by atoms with Crippen LogP contribution in [0, 0.1) is 11.6 Å². The van der Waals surface area contributed by atoms with Gasteiger partial charge in [0.1, 0.15) is 11.6 Å². The Labute approximate surface area is 168 Å². The fourth-order valence-electron chi connectivity index (χ4n) is 3.69. The summed E-state index contributed by atoms with van der Waals surface area (Å²) in [6.45, 7) is 2.09. The number of hydrogen-bond acceptors (Lipinski definition) is 3. The van der Waals surface area contributed by atoms with Gasteiger partial charge in [-0.05, 0) is 50.2 Å². The predicted octanol–water partition coefficient (Wildman–Crippen LogP) is 2.98. The summed E-state index contributed by atoms with van der Waals surface area (Å²) in [5, 5.41) is 4.77. The molecule has 2 aromatic rings.